The van der Waals surface area contributed by atoms with Gasteiger partial charge in [0.2, 0.25) is 10.0 Å². The lowest BCUT2D eigenvalue weighted by Crippen LogP contribution is -2.40. The van der Waals surface area contributed by atoms with Gasteiger partial charge in [-0.2, -0.15) is 5.26 Å². The lowest BCUT2D eigenvalue weighted by molar-refractivity contribution is 0.0711. The summed E-state index contributed by atoms with van der Waals surface area (Å²) in [6.45, 7) is 8.17. The van der Waals surface area contributed by atoms with Gasteiger partial charge in [0.1, 0.15) is 16.8 Å². The van der Waals surface area contributed by atoms with Crippen LogP contribution in [0.1, 0.15) is 50.8 Å². The minimum absolute atomic E-state index is 0.0373. The summed E-state index contributed by atoms with van der Waals surface area (Å²) in [5.74, 6) is -0.377. The van der Waals surface area contributed by atoms with Crippen LogP contribution in [0.25, 0.3) is 22.3 Å². The first-order valence-corrected chi connectivity index (χ1v) is 12.3. The molecular formula is C24H27FN4O3S. The number of benzene rings is 1. The maximum Gasteiger partial charge on any atom is 0.242 e. The van der Waals surface area contributed by atoms with Crippen LogP contribution >= 0.6 is 0 Å². The summed E-state index contributed by atoms with van der Waals surface area (Å²) < 4.78 is 50.0. The van der Waals surface area contributed by atoms with Crippen molar-refractivity contribution in [1.82, 2.24) is 14.3 Å². The number of nitriles is 1. The first kappa shape index (κ1) is 23.4. The van der Waals surface area contributed by atoms with E-state index in [9.17, 15) is 18.1 Å². The Morgan fingerprint density at radius 3 is 2.52 bits per heavy atom. The molecule has 1 N–H and O–H groups in total. The van der Waals surface area contributed by atoms with Crippen molar-refractivity contribution in [2.45, 2.75) is 57.0 Å². The van der Waals surface area contributed by atoms with Crippen molar-refractivity contribution in [1.29, 1.82) is 5.26 Å². The van der Waals surface area contributed by atoms with E-state index < -0.39 is 15.6 Å². The second-order valence-corrected chi connectivity index (χ2v) is 11.1. The number of aromatic nitrogens is 2. The second-order valence-electron chi connectivity index (χ2n) is 9.40. The summed E-state index contributed by atoms with van der Waals surface area (Å²) in [7, 11) is -3.75. The maximum absolute atomic E-state index is 14.4. The first-order valence-electron chi connectivity index (χ1n) is 10.8. The monoisotopic (exact) mass is 470 g/mol. The number of fused-ring (bicyclic) bond motifs is 1. The predicted octanol–water partition coefficient (Wildman–Crippen LogP) is 4.45. The first-order chi connectivity index (χ1) is 15.5. The number of rotatable bonds is 4. The van der Waals surface area contributed by atoms with Crippen LogP contribution in [0.4, 0.5) is 4.39 Å². The zero-order valence-electron chi connectivity index (χ0n) is 19.1. The topological polar surface area (TPSA) is 97.0 Å². The van der Waals surface area contributed by atoms with Gasteiger partial charge in [-0.15, -0.1) is 0 Å². The van der Waals surface area contributed by atoms with Gasteiger partial charge in [0.25, 0.3) is 0 Å². The number of hydrogen-bond acceptors (Lipinski definition) is 5. The number of ether oxygens (including phenoxy) is 1. The fraction of sp³-hybridized carbons (Fsp3) is 0.417. The lowest BCUT2D eigenvalue weighted by Gasteiger charge is -2.26. The smallest absolute Gasteiger partial charge is 0.242 e. The summed E-state index contributed by atoms with van der Waals surface area (Å²) in [4.78, 5) is 4.47. The molecule has 1 aliphatic rings. The molecule has 1 aromatic carbocycles. The number of hydrogen-bond donors (Lipinski definition) is 1. The minimum atomic E-state index is -3.75. The zero-order valence-corrected chi connectivity index (χ0v) is 20.0. The SMILES string of the molecule is Cc1cc2c(cc1F)c(C#N)c(-c1ccc(S(=O)(=O)NC(C)(C)C)cn1)n2C1CCOCC1. The molecule has 0 spiro atoms. The molecule has 7 nitrogen and oxygen atoms in total. The summed E-state index contributed by atoms with van der Waals surface area (Å²) in [6, 6.07) is 8.52. The zero-order chi connectivity index (χ0) is 24.0. The Balaban J connectivity index is 1.91. The Morgan fingerprint density at radius 2 is 1.94 bits per heavy atom. The van der Waals surface area contributed by atoms with Crippen molar-refractivity contribution in [2.24, 2.45) is 0 Å². The van der Waals surface area contributed by atoms with E-state index in [2.05, 4.69) is 15.8 Å². The van der Waals surface area contributed by atoms with Gasteiger partial charge in [-0.1, -0.05) is 0 Å². The van der Waals surface area contributed by atoms with Crippen molar-refractivity contribution in [2.75, 3.05) is 13.2 Å². The van der Waals surface area contributed by atoms with Crippen LogP contribution in [0.3, 0.4) is 0 Å². The third-order valence-electron chi connectivity index (χ3n) is 5.68. The number of sulfonamides is 1. The van der Waals surface area contributed by atoms with Crippen LogP contribution in [-0.2, 0) is 14.8 Å². The molecule has 4 rings (SSSR count). The van der Waals surface area contributed by atoms with Gasteiger partial charge >= 0.3 is 0 Å². The molecular weight excluding hydrogens is 443 g/mol. The fourth-order valence-corrected chi connectivity index (χ4v) is 5.63. The Hall–Kier alpha value is -2.80. The molecule has 0 radical (unpaired) electrons. The summed E-state index contributed by atoms with van der Waals surface area (Å²) in [6.07, 6.45) is 2.79. The number of pyridine rings is 1. The maximum atomic E-state index is 14.4. The highest BCUT2D eigenvalue weighted by Crippen LogP contribution is 2.39. The molecule has 3 aromatic rings. The summed E-state index contributed by atoms with van der Waals surface area (Å²) in [5, 5.41) is 10.5. The van der Waals surface area contributed by atoms with Gasteiger partial charge in [0, 0.05) is 36.4 Å². The van der Waals surface area contributed by atoms with Crippen LogP contribution in [0, 0.1) is 24.1 Å². The molecule has 0 bridgehead atoms. The molecule has 33 heavy (non-hydrogen) atoms. The lowest BCUT2D eigenvalue weighted by atomic mass is 10.1. The van der Waals surface area contributed by atoms with Gasteiger partial charge in [-0.25, -0.2) is 17.5 Å². The highest BCUT2D eigenvalue weighted by Gasteiger charge is 2.28. The van der Waals surface area contributed by atoms with Crippen molar-refractivity contribution in [3.8, 4) is 17.5 Å². The Bertz CT molecular complexity index is 1340. The second kappa shape index (κ2) is 8.52. The van der Waals surface area contributed by atoms with Gasteiger partial charge in [-0.05, 0) is 70.4 Å². The molecule has 1 fully saturated rings. The van der Waals surface area contributed by atoms with E-state index in [1.807, 2.05) is 4.57 Å². The Labute approximate surface area is 193 Å². The van der Waals surface area contributed by atoms with Crippen LogP contribution < -0.4 is 4.72 Å². The molecule has 0 atom stereocenters. The standard InChI is InChI=1S/C24H27FN4O3S/c1-15-11-22-18(12-20(15)25)19(13-26)23(29(22)16-7-9-32-10-8-16)21-6-5-17(14-27-21)33(30,31)28-24(2,3)4/h5-6,11-12,14,16,28H,7-10H2,1-4H3. The van der Waals surface area contributed by atoms with Gasteiger partial charge in [0.05, 0.1) is 22.5 Å². The van der Waals surface area contributed by atoms with Crippen molar-refractivity contribution in [3.05, 3.63) is 47.4 Å². The van der Waals surface area contributed by atoms with Crippen molar-refractivity contribution >= 4 is 20.9 Å². The van der Waals surface area contributed by atoms with Crippen LogP contribution in [0.15, 0.2) is 35.4 Å². The molecule has 174 valence electrons. The van der Waals surface area contributed by atoms with E-state index in [1.165, 1.54) is 18.3 Å². The fourth-order valence-electron chi connectivity index (χ4n) is 4.26. The molecule has 1 saturated heterocycles. The average molecular weight is 471 g/mol. The van der Waals surface area contributed by atoms with Gasteiger partial charge in [-0.3, -0.25) is 4.98 Å². The Morgan fingerprint density at radius 1 is 1.24 bits per heavy atom. The summed E-state index contributed by atoms with van der Waals surface area (Å²) in [5.41, 5.74) is 1.97. The van der Waals surface area contributed by atoms with E-state index in [1.54, 1.807) is 39.8 Å². The van der Waals surface area contributed by atoms with E-state index in [0.717, 1.165) is 18.4 Å². The number of nitrogens with zero attached hydrogens (tertiary/aromatic N) is 3. The number of halogens is 1. The van der Waals surface area contributed by atoms with Crippen LogP contribution in [0.2, 0.25) is 0 Å². The molecule has 0 unspecified atom stereocenters. The minimum Gasteiger partial charge on any atom is -0.381 e. The molecule has 2 aromatic heterocycles. The molecule has 1 aliphatic heterocycles. The average Bonchev–Trinajstić information content (AvgIpc) is 3.06. The highest BCUT2D eigenvalue weighted by molar-refractivity contribution is 7.89. The van der Waals surface area contributed by atoms with Crippen LogP contribution in [-0.4, -0.2) is 36.7 Å². The van der Waals surface area contributed by atoms with Gasteiger partial charge < -0.3 is 9.30 Å². The van der Waals surface area contributed by atoms with E-state index in [0.29, 0.717) is 41.1 Å². The molecule has 9 heteroatoms. The van der Waals surface area contributed by atoms with Crippen molar-refractivity contribution < 1.29 is 17.5 Å². The number of aryl methyl sites for hydroxylation is 1. The van der Waals surface area contributed by atoms with E-state index in [4.69, 9.17) is 4.74 Å². The predicted molar refractivity (Wildman–Crippen MR) is 124 cm³/mol. The van der Waals surface area contributed by atoms with Gasteiger partial charge in [0.15, 0.2) is 0 Å². The molecule has 0 aliphatic carbocycles. The highest BCUT2D eigenvalue weighted by atomic mass is 32.2. The van der Waals surface area contributed by atoms with E-state index in [-0.39, 0.29) is 16.8 Å². The third-order valence-corrected chi connectivity index (χ3v) is 7.42. The van der Waals surface area contributed by atoms with E-state index >= 15 is 0 Å². The van der Waals surface area contributed by atoms with Crippen LogP contribution in [0.5, 0.6) is 0 Å². The number of nitrogens with one attached hydrogen (secondary N) is 1. The normalized spacial score (nSPS) is 15.6. The van der Waals surface area contributed by atoms with Crippen molar-refractivity contribution in [3.63, 3.8) is 0 Å². The largest absolute Gasteiger partial charge is 0.381 e. The molecule has 0 amide bonds. The molecule has 3 heterocycles. The Kier molecular flexibility index (Phi) is 6.03. The molecule has 0 saturated carbocycles. The third kappa shape index (κ3) is 4.51. The quantitative estimate of drug-likeness (QED) is 0.608. The summed E-state index contributed by atoms with van der Waals surface area (Å²) >= 11 is 0.